The molecule has 0 bridgehead atoms. The topological polar surface area (TPSA) is 95.7 Å². The lowest BCUT2D eigenvalue weighted by Crippen LogP contribution is -2.41. The summed E-state index contributed by atoms with van der Waals surface area (Å²) in [6.45, 7) is 1.82. The summed E-state index contributed by atoms with van der Waals surface area (Å²) >= 11 is 6.02. The van der Waals surface area contributed by atoms with Crippen molar-refractivity contribution in [3.05, 3.63) is 87.8 Å². The molecule has 1 aliphatic rings. The summed E-state index contributed by atoms with van der Waals surface area (Å²) < 4.78 is 5.84. The average Bonchev–Trinajstić information content (AvgIpc) is 3.14. The third kappa shape index (κ3) is 4.46. The Balaban J connectivity index is 1.50. The Morgan fingerprint density at radius 1 is 0.968 bits per heavy atom. The van der Waals surface area contributed by atoms with Crippen LogP contribution in [0.2, 0.25) is 5.02 Å². The third-order valence-electron chi connectivity index (χ3n) is 5.03. The summed E-state index contributed by atoms with van der Waals surface area (Å²) in [6.07, 6.45) is 2.37. The number of hydrogen-bond donors (Lipinski definition) is 3. The van der Waals surface area contributed by atoms with Crippen molar-refractivity contribution in [2.24, 2.45) is 5.10 Å². The van der Waals surface area contributed by atoms with E-state index in [0.29, 0.717) is 10.6 Å². The van der Waals surface area contributed by atoms with Crippen LogP contribution in [-0.2, 0) is 6.42 Å². The zero-order valence-corrected chi connectivity index (χ0v) is 17.6. The largest absolute Gasteiger partial charge is 0.455 e. The number of carbonyl (C=O) groups excluding carboxylic acids is 2. The lowest BCUT2D eigenvalue weighted by atomic mass is 9.93. The van der Waals surface area contributed by atoms with Gasteiger partial charge in [-0.2, -0.15) is 5.10 Å². The normalized spacial score (nSPS) is 14.1. The van der Waals surface area contributed by atoms with Gasteiger partial charge in [0.2, 0.25) is 0 Å². The van der Waals surface area contributed by atoms with Crippen LogP contribution in [0.4, 0.5) is 5.69 Å². The number of hydrazone groups is 1. The van der Waals surface area contributed by atoms with Gasteiger partial charge in [-0.05, 0) is 44.0 Å². The van der Waals surface area contributed by atoms with Gasteiger partial charge in [-0.25, -0.2) is 0 Å². The number of fused-ring (bicyclic) bond motifs is 1. The van der Waals surface area contributed by atoms with Gasteiger partial charge in [0, 0.05) is 17.5 Å². The molecule has 3 N–H and O–H groups in total. The molecule has 2 amide bonds. The molecule has 8 heteroatoms. The van der Waals surface area contributed by atoms with Crippen LogP contribution in [0.5, 0.6) is 0 Å². The van der Waals surface area contributed by atoms with Gasteiger partial charge in [0.15, 0.2) is 5.76 Å². The van der Waals surface area contributed by atoms with Gasteiger partial charge in [0.1, 0.15) is 5.76 Å². The minimum absolute atomic E-state index is 0.152. The fraction of sp³-hybridized carbons (Fsp3) is 0.174. The second-order valence-electron chi connectivity index (χ2n) is 7.13. The maximum Gasteiger partial charge on any atom is 0.305 e. The van der Waals surface area contributed by atoms with Gasteiger partial charge in [-0.3, -0.25) is 25.9 Å². The first-order valence-electron chi connectivity index (χ1n) is 9.90. The molecular formula is C23H21ClN4O3. The number of nitrogens with zero attached hydrogens (tertiary/aromatic N) is 1. The smallest absolute Gasteiger partial charge is 0.305 e. The van der Waals surface area contributed by atoms with Crippen LogP contribution in [-0.4, -0.2) is 17.5 Å². The molecule has 3 aromatic rings. The lowest BCUT2D eigenvalue weighted by Gasteiger charge is -2.13. The van der Waals surface area contributed by atoms with E-state index >= 15 is 0 Å². The summed E-state index contributed by atoms with van der Waals surface area (Å²) in [5.74, 6) is -0.177. The maximum atomic E-state index is 12.7. The Kier molecular flexibility index (Phi) is 6.04. The van der Waals surface area contributed by atoms with Crippen molar-refractivity contribution in [3.63, 3.8) is 0 Å². The molecule has 0 saturated heterocycles. The van der Waals surface area contributed by atoms with Crippen LogP contribution in [0.1, 0.15) is 50.6 Å². The summed E-state index contributed by atoms with van der Waals surface area (Å²) in [4.78, 5) is 25.0. The molecule has 0 spiro atoms. The molecule has 7 nitrogen and oxygen atoms in total. The first kappa shape index (κ1) is 20.7. The van der Waals surface area contributed by atoms with E-state index in [1.165, 1.54) is 0 Å². The predicted molar refractivity (Wildman–Crippen MR) is 119 cm³/mol. The Hall–Kier alpha value is -3.58. The number of aryl methyl sites for hydroxylation is 1. The van der Waals surface area contributed by atoms with Gasteiger partial charge >= 0.3 is 5.91 Å². The van der Waals surface area contributed by atoms with Crippen molar-refractivity contribution < 1.29 is 14.0 Å². The fourth-order valence-electron chi connectivity index (χ4n) is 3.52. The Bertz CT molecular complexity index is 1150. The SMILES string of the molecule is Cc1c(C(=O)NNC(=O)c2ccccc2Cl)oc2c1/C(=N/Nc1ccccc1)CCC2. The molecule has 0 fully saturated rings. The quantitative estimate of drug-likeness (QED) is 0.526. The molecule has 2 aromatic carbocycles. The van der Waals surface area contributed by atoms with Crippen LogP contribution in [0.3, 0.4) is 0 Å². The molecule has 0 saturated carbocycles. The molecule has 31 heavy (non-hydrogen) atoms. The third-order valence-corrected chi connectivity index (χ3v) is 5.36. The number of amides is 2. The van der Waals surface area contributed by atoms with Crippen LogP contribution in [0, 0.1) is 6.92 Å². The highest BCUT2D eigenvalue weighted by molar-refractivity contribution is 6.33. The van der Waals surface area contributed by atoms with E-state index in [2.05, 4.69) is 21.4 Å². The molecule has 158 valence electrons. The molecule has 0 atom stereocenters. The van der Waals surface area contributed by atoms with E-state index < -0.39 is 11.8 Å². The number of nitrogens with one attached hydrogen (secondary N) is 3. The minimum Gasteiger partial charge on any atom is -0.455 e. The van der Waals surface area contributed by atoms with Crippen LogP contribution < -0.4 is 16.3 Å². The fourth-order valence-corrected chi connectivity index (χ4v) is 3.75. The van der Waals surface area contributed by atoms with Gasteiger partial charge in [-0.15, -0.1) is 0 Å². The standard InChI is InChI=1S/C23H21ClN4O3/c1-14-20-18(26-25-15-8-3-2-4-9-15)12-7-13-19(20)31-21(14)23(30)28-27-22(29)16-10-5-6-11-17(16)24/h2-6,8-11,25H,7,12-13H2,1H3,(H,27,29)(H,28,30)/b26-18+. The number of anilines is 1. The van der Waals surface area contributed by atoms with E-state index in [1.54, 1.807) is 24.3 Å². The second-order valence-corrected chi connectivity index (χ2v) is 7.54. The van der Waals surface area contributed by atoms with Crippen molar-refractivity contribution in [1.29, 1.82) is 0 Å². The van der Waals surface area contributed by atoms with Crippen molar-refractivity contribution in [1.82, 2.24) is 10.9 Å². The molecule has 1 aromatic heterocycles. The van der Waals surface area contributed by atoms with Crippen LogP contribution in [0.25, 0.3) is 0 Å². The van der Waals surface area contributed by atoms with Crippen molar-refractivity contribution in [2.45, 2.75) is 26.2 Å². The molecule has 1 heterocycles. The lowest BCUT2D eigenvalue weighted by molar-refractivity contribution is 0.0829. The van der Waals surface area contributed by atoms with Crippen molar-refractivity contribution >= 4 is 34.8 Å². The zero-order chi connectivity index (χ0) is 21.8. The Morgan fingerprint density at radius 2 is 1.68 bits per heavy atom. The average molecular weight is 437 g/mol. The van der Waals surface area contributed by atoms with Crippen LogP contribution >= 0.6 is 11.6 Å². The van der Waals surface area contributed by atoms with Gasteiger partial charge in [0.05, 0.1) is 22.0 Å². The van der Waals surface area contributed by atoms with Crippen molar-refractivity contribution in [2.75, 3.05) is 5.43 Å². The number of carbonyl (C=O) groups is 2. The molecule has 0 radical (unpaired) electrons. The number of para-hydroxylation sites is 1. The summed E-state index contributed by atoms with van der Waals surface area (Å²) in [5, 5.41) is 4.84. The van der Waals surface area contributed by atoms with E-state index in [1.807, 2.05) is 37.3 Å². The van der Waals surface area contributed by atoms with E-state index in [4.69, 9.17) is 16.0 Å². The monoisotopic (exact) mass is 436 g/mol. The highest BCUT2D eigenvalue weighted by Gasteiger charge is 2.28. The minimum atomic E-state index is -0.539. The highest BCUT2D eigenvalue weighted by Crippen LogP contribution is 2.30. The summed E-state index contributed by atoms with van der Waals surface area (Å²) in [6, 6.07) is 16.2. The number of furan rings is 1. The van der Waals surface area contributed by atoms with Crippen LogP contribution in [0.15, 0.2) is 64.1 Å². The second kappa shape index (κ2) is 9.06. The predicted octanol–water partition coefficient (Wildman–Crippen LogP) is 4.47. The number of halogens is 1. The molecule has 4 rings (SSSR count). The number of rotatable bonds is 4. The van der Waals surface area contributed by atoms with Gasteiger partial charge in [0.25, 0.3) is 5.91 Å². The zero-order valence-electron chi connectivity index (χ0n) is 16.9. The number of hydrazine groups is 1. The van der Waals surface area contributed by atoms with E-state index in [-0.39, 0.29) is 11.3 Å². The molecular weight excluding hydrogens is 416 g/mol. The number of benzene rings is 2. The first-order chi connectivity index (χ1) is 15.0. The molecule has 1 aliphatic carbocycles. The van der Waals surface area contributed by atoms with E-state index in [9.17, 15) is 9.59 Å². The van der Waals surface area contributed by atoms with Crippen molar-refractivity contribution in [3.8, 4) is 0 Å². The maximum absolute atomic E-state index is 12.7. The first-order valence-corrected chi connectivity index (χ1v) is 10.3. The summed E-state index contributed by atoms with van der Waals surface area (Å²) in [5.41, 5.74) is 11.4. The Labute approximate surface area is 184 Å². The summed E-state index contributed by atoms with van der Waals surface area (Å²) in [7, 11) is 0. The van der Waals surface area contributed by atoms with Gasteiger partial charge in [-0.1, -0.05) is 41.9 Å². The molecule has 0 aliphatic heterocycles. The molecule has 0 unspecified atom stereocenters. The Morgan fingerprint density at radius 3 is 2.45 bits per heavy atom. The highest BCUT2D eigenvalue weighted by atomic mass is 35.5. The number of hydrogen-bond acceptors (Lipinski definition) is 5. The van der Waals surface area contributed by atoms with E-state index in [0.717, 1.165) is 42.0 Å². The van der Waals surface area contributed by atoms with Gasteiger partial charge < -0.3 is 4.42 Å².